The van der Waals surface area contributed by atoms with Crippen LogP contribution in [-0.2, 0) is 28.2 Å². The van der Waals surface area contributed by atoms with Gasteiger partial charge >= 0.3 is 5.97 Å². The number of methoxy groups -OCH3 is 2. The largest absolute Gasteiger partial charge is 0.478 e. The zero-order valence-corrected chi connectivity index (χ0v) is 19.7. The van der Waals surface area contributed by atoms with E-state index in [1.807, 2.05) is 22.9 Å². The van der Waals surface area contributed by atoms with E-state index in [1.165, 1.54) is 0 Å². The molecule has 0 bridgehead atoms. The van der Waals surface area contributed by atoms with Crippen LogP contribution in [0.3, 0.4) is 0 Å². The Morgan fingerprint density at radius 2 is 1.85 bits per heavy atom. The van der Waals surface area contributed by atoms with Crippen LogP contribution in [0.15, 0.2) is 42.6 Å². The van der Waals surface area contributed by atoms with Crippen LogP contribution in [0.2, 0.25) is 0 Å². The molecule has 0 aliphatic carbocycles. The molecule has 0 atom stereocenters. The van der Waals surface area contributed by atoms with Gasteiger partial charge in [0.2, 0.25) is 11.6 Å². The van der Waals surface area contributed by atoms with E-state index in [9.17, 15) is 9.90 Å². The summed E-state index contributed by atoms with van der Waals surface area (Å²) in [7, 11) is 3.24. The maximum Gasteiger partial charge on any atom is 0.336 e. The van der Waals surface area contributed by atoms with Crippen LogP contribution in [0.5, 0.6) is 0 Å². The molecule has 1 aromatic carbocycles. The Hall–Kier alpha value is -3.10. The fourth-order valence-corrected chi connectivity index (χ4v) is 3.81. The van der Waals surface area contributed by atoms with Crippen molar-refractivity contribution < 1.29 is 19.4 Å². The van der Waals surface area contributed by atoms with Crippen molar-refractivity contribution in [1.29, 1.82) is 0 Å². The Morgan fingerprint density at radius 1 is 1.09 bits per heavy atom. The molecule has 0 radical (unpaired) electrons. The van der Waals surface area contributed by atoms with Crippen molar-refractivity contribution in [3.63, 3.8) is 0 Å². The molecule has 0 fully saturated rings. The molecule has 3 rings (SSSR count). The molecule has 8 nitrogen and oxygen atoms in total. The summed E-state index contributed by atoms with van der Waals surface area (Å²) in [4.78, 5) is 20.9. The van der Waals surface area contributed by atoms with E-state index in [4.69, 9.17) is 19.6 Å². The van der Waals surface area contributed by atoms with Gasteiger partial charge < -0.3 is 14.6 Å². The van der Waals surface area contributed by atoms with E-state index in [2.05, 4.69) is 18.8 Å². The van der Waals surface area contributed by atoms with Crippen molar-refractivity contribution in [2.24, 2.45) is 0 Å². The zero-order valence-electron chi connectivity index (χ0n) is 19.7. The second kappa shape index (κ2) is 11.2. The summed E-state index contributed by atoms with van der Waals surface area (Å²) in [6.07, 6.45) is 5.84. The molecule has 8 heteroatoms. The van der Waals surface area contributed by atoms with Crippen LogP contribution in [0.25, 0.3) is 11.3 Å². The molecule has 2 heterocycles. The first-order chi connectivity index (χ1) is 16.0. The van der Waals surface area contributed by atoms with E-state index >= 15 is 0 Å². The van der Waals surface area contributed by atoms with E-state index in [1.54, 1.807) is 38.6 Å². The van der Waals surface area contributed by atoms with Crippen LogP contribution in [0.1, 0.15) is 67.1 Å². The van der Waals surface area contributed by atoms with Gasteiger partial charge in [-0.25, -0.2) is 14.5 Å². The first-order valence-corrected chi connectivity index (χ1v) is 11.3. The van der Waals surface area contributed by atoms with Crippen molar-refractivity contribution in [2.75, 3.05) is 14.2 Å². The predicted octanol–water partition coefficient (Wildman–Crippen LogP) is 4.67. The number of carboxylic acids is 1. The number of pyridine rings is 1. The van der Waals surface area contributed by atoms with Gasteiger partial charge in [0, 0.05) is 45.4 Å². The van der Waals surface area contributed by atoms with Crippen molar-refractivity contribution in [2.45, 2.75) is 58.3 Å². The van der Waals surface area contributed by atoms with Crippen molar-refractivity contribution >= 4 is 5.97 Å². The lowest BCUT2D eigenvalue weighted by atomic mass is 10.0. The molecule has 33 heavy (non-hydrogen) atoms. The number of carbonyl (C=O) groups is 1. The summed E-state index contributed by atoms with van der Waals surface area (Å²) in [5.74, 6) is -0.599. The highest BCUT2D eigenvalue weighted by molar-refractivity contribution is 5.95. The van der Waals surface area contributed by atoms with Gasteiger partial charge in [-0.05, 0) is 30.5 Å². The Kier molecular flexibility index (Phi) is 8.30. The third kappa shape index (κ3) is 5.46. The molecular formula is C25H32N4O4. The highest BCUT2D eigenvalue weighted by Crippen LogP contribution is 2.30. The molecule has 3 aromatic rings. The third-order valence-corrected chi connectivity index (χ3v) is 5.66. The zero-order chi connectivity index (χ0) is 23.8. The lowest BCUT2D eigenvalue weighted by Gasteiger charge is -2.27. The van der Waals surface area contributed by atoms with Gasteiger partial charge in [0.1, 0.15) is 5.82 Å². The number of benzene rings is 1. The lowest BCUT2D eigenvalue weighted by molar-refractivity contribution is -0.226. The van der Waals surface area contributed by atoms with E-state index in [-0.39, 0.29) is 5.56 Å². The van der Waals surface area contributed by atoms with Crippen LogP contribution < -0.4 is 0 Å². The molecular weight excluding hydrogens is 420 g/mol. The monoisotopic (exact) mass is 452 g/mol. The lowest BCUT2D eigenvalue weighted by Crippen LogP contribution is -2.32. The summed E-state index contributed by atoms with van der Waals surface area (Å²) in [5, 5.41) is 14.2. The Labute approximate surface area is 194 Å². The molecule has 0 aliphatic heterocycles. The number of unbranched alkanes of at least 4 members (excludes halogenated alkanes) is 1. The second-order valence-corrected chi connectivity index (χ2v) is 7.92. The van der Waals surface area contributed by atoms with Gasteiger partial charge in [0.15, 0.2) is 0 Å². The number of ether oxygens (including phenoxy) is 2. The summed E-state index contributed by atoms with van der Waals surface area (Å²) in [5.41, 5.74) is 2.39. The number of aromatic nitrogens is 4. The quantitative estimate of drug-likeness (QED) is 0.399. The summed E-state index contributed by atoms with van der Waals surface area (Å²) in [6, 6.07) is 10.7. The van der Waals surface area contributed by atoms with Crippen LogP contribution >= 0.6 is 0 Å². The number of rotatable bonds is 12. The number of hydrogen-bond donors (Lipinski definition) is 1. The first kappa shape index (κ1) is 24.5. The fraction of sp³-hybridized carbons (Fsp3) is 0.440. The standard InChI is InChI=1S/C25H32N4O4/c1-5-7-14-25(32-3,33-4)24-27-22(29(28-24)15-6-2)16-18-12-13-21(26-17-18)19-10-8-9-11-20(19)23(30)31/h8-13,17H,5-7,14-16H2,1-4H3,(H,30,31). The maximum atomic E-state index is 11.5. The Balaban J connectivity index is 1.89. The minimum Gasteiger partial charge on any atom is -0.478 e. The number of hydrogen-bond acceptors (Lipinski definition) is 6. The predicted molar refractivity (Wildman–Crippen MR) is 125 cm³/mol. The van der Waals surface area contributed by atoms with Crippen LogP contribution in [0.4, 0.5) is 0 Å². The number of aromatic carboxylic acids is 1. The number of carboxylic acid groups (broad SMARTS) is 1. The van der Waals surface area contributed by atoms with Gasteiger partial charge in [0.25, 0.3) is 0 Å². The highest BCUT2D eigenvalue weighted by Gasteiger charge is 2.37. The highest BCUT2D eigenvalue weighted by atomic mass is 16.7. The van der Waals surface area contributed by atoms with E-state index in [0.717, 1.165) is 37.2 Å². The minimum absolute atomic E-state index is 0.229. The second-order valence-electron chi connectivity index (χ2n) is 7.92. The first-order valence-electron chi connectivity index (χ1n) is 11.3. The van der Waals surface area contributed by atoms with Crippen LogP contribution in [-0.4, -0.2) is 45.0 Å². The van der Waals surface area contributed by atoms with Gasteiger partial charge in [0.05, 0.1) is 11.3 Å². The van der Waals surface area contributed by atoms with Gasteiger partial charge in [-0.15, -0.1) is 0 Å². The van der Waals surface area contributed by atoms with Gasteiger partial charge in [-0.1, -0.05) is 44.5 Å². The average Bonchev–Trinajstić information content (AvgIpc) is 3.23. The van der Waals surface area contributed by atoms with Crippen molar-refractivity contribution in [3.05, 3.63) is 65.4 Å². The molecule has 0 spiro atoms. The molecule has 2 aromatic heterocycles. The van der Waals surface area contributed by atoms with Crippen molar-refractivity contribution in [1.82, 2.24) is 19.7 Å². The summed E-state index contributed by atoms with van der Waals surface area (Å²) in [6.45, 7) is 4.95. The normalized spacial score (nSPS) is 11.6. The summed E-state index contributed by atoms with van der Waals surface area (Å²) >= 11 is 0. The number of aryl methyl sites for hydroxylation is 1. The average molecular weight is 453 g/mol. The smallest absolute Gasteiger partial charge is 0.336 e. The summed E-state index contributed by atoms with van der Waals surface area (Å²) < 4.78 is 13.4. The third-order valence-electron chi connectivity index (χ3n) is 5.66. The van der Waals surface area contributed by atoms with Crippen LogP contribution in [0, 0.1) is 0 Å². The number of nitrogens with zero attached hydrogens (tertiary/aromatic N) is 4. The molecule has 0 amide bonds. The van der Waals surface area contributed by atoms with Gasteiger partial charge in [-0.3, -0.25) is 4.98 Å². The molecule has 0 aliphatic rings. The topological polar surface area (TPSA) is 99.4 Å². The Bertz CT molecular complexity index is 1060. The Morgan fingerprint density at radius 3 is 2.45 bits per heavy atom. The van der Waals surface area contributed by atoms with E-state index in [0.29, 0.717) is 29.9 Å². The van der Waals surface area contributed by atoms with E-state index < -0.39 is 11.8 Å². The fourth-order valence-electron chi connectivity index (χ4n) is 3.81. The molecule has 1 N–H and O–H groups in total. The van der Waals surface area contributed by atoms with Gasteiger partial charge in [-0.2, -0.15) is 5.10 Å². The molecule has 0 saturated heterocycles. The maximum absolute atomic E-state index is 11.5. The molecule has 176 valence electrons. The minimum atomic E-state index is -0.973. The molecule has 0 unspecified atom stereocenters. The molecule has 0 saturated carbocycles. The SMILES string of the molecule is CCCCC(OC)(OC)c1nc(Cc2ccc(-c3ccccc3C(=O)O)nc2)n(CCC)n1. The van der Waals surface area contributed by atoms with Crippen molar-refractivity contribution in [3.8, 4) is 11.3 Å².